The Morgan fingerprint density at radius 1 is 1.22 bits per heavy atom. The Morgan fingerprint density at radius 3 is 2.74 bits per heavy atom. The van der Waals surface area contributed by atoms with Crippen LogP contribution in [0.2, 0.25) is 5.02 Å². The molecule has 1 aromatic heterocycles. The van der Waals surface area contributed by atoms with Gasteiger partial charge < -0.3 is 14.9 Å². The molecule has 23 heavy (non-hydrogen) atoms. The van der Waals surface area contributed by atoms with Crippen LogP contribution in [0.1, 0.15) is 16.1 Å². The Morgan fingerprint density at radius 2 is 2.00 bits per heavy atom. The summed E-state index contributed by atoms with van der Waals surface area (Å²) in [5, 5.41) is 16.4. The molecule has 0 aliphatic carbocycles. The summed E-state index contributed by atoms with van der Waals surface area (Å²) in [6.45, 7) is 1.90. The molecule has 6 heteroatoms. The normalized spacial score (nSPS) is 10.5. The molecule has 0 fully saturated rings. The number of aromatic hydroxyl groups is 1. The van der Waals surface area contributed by atoms with Crippen LogP contribution in [-0.2, 0) is 0 Å². The first-order chi connectivity index (χ1) is 11.0. The number of phenolic OH excluding ortho intramolecular Hbond substituents is 1. The van der Waals surface area contributed by atoms with Crippen LogP contribution in [0, 0.1) is 6.92 Å². The van der Waals surface area contributed by atoms with E-state index in [1.54, 1.807) is 12.1 Å². The van der Waals surface area contributed by atoms with Gasteiger partial charge in [-0.05, 0) is 36.8 Å². The maximum atomic E-state index is 12.2. The molecule has 0 aliphatic rings. The van der Waals surface area contributed by atoms with Crippen molar-refractivity contribution >= 4 is 23.2 Å². The van der Waals surface area contributed by atoms with Crippen LogP contribution in [0.4, 0.5) is 5.69 Å². The number of benzene rings is 2. The van der Waals surface area contributed by atoms with Gasteiger partial charge in [0.25, 0.3) is 5.91 Å². The van der Waals surface area contributed by atoms with Gasteiger partial charge in [0.1, 0.15) is 5.75 Å². The van der Waals surface area contributed by atoms with Gasteiger partial charge in [-0.25, -0.2) is 0 Å². The number of nitrogens with one attached hydrogen (secondary N) is 1. The molecule has 0 radical (unpaired) electrons. The fraction of sp³-hybridized carbons (Fsp3) is 0.0588. The minimum atomic E-state index is -0.368. The molecule has 0 aliphatic heterocycles. The highest BCUT2D eigenvalue weighted by Gasteiger charge is 2.15. The van der Waals surface area contributed by atoms with Crippen LogP contribution >= 0.6 is 11.6 Å². The van der Waals surface area contributed by atoms with Crippen molar-refractivity contribution in [1.82, 2.24) is 5.16 Å². The largest absolute Gasteiger partial charge is 0.506 e. The lowest BCUT2D eigenvalue weighted by molar-refractivity contribution is 0.101. The third-order valence-electron chi connectivity index (χ3n) is 3.37. The van der Waals surface area contributed by atoms with Crippen molar-refractivity contribution in [2.75, 3.05) is 5.32 Å². The number of aromatic nitrogens is 1. The molecule has 3 rings (SSSR count). The Bertz CT molecular complexity index is 874. The minimum absolute atomic E-state index is 0.0634. The van der Waals surface area contributed by atoms with Gasteiger partial charge >= 0.3 is 0 Å². The molecule has 1 heterocycles. The zero-order valence-corrected chi connectivity index (χ0v) is 13.0. The van der Waals surface area contributed by atoms with Gasteiger partial charge in [-0.15, -0.1) is 0 Å². The molecule has 0 saturated heterocycles. The topological polar surface area (TPSA) is 75.4 Å². The Labute approximate surface area is 137 Å². The van der Waals surface area contributed by atoms with E-state index in [9.17, 15) is 9.90 Å². The van der Waals surface area contributed by atoms with E-state index in [0.717, 1.165) is 5.56 Å². The third kappa shape index (κ3) is 3.19. The first-order valence-electron chi connectivity index (χ1n) is 6.87. The fourth-order valence-corrected chi connectivity index (χ4v) is 2.20. The Hall–Kier alpha value is -2.79. The van der Waals surface area contributed by atoms with Gasteiger partial charge in [-0.3, -0.25) is 4.79 Å². The van der Waals surface area contributed by atoms with E-state index in [2.05, 4.69) is 10.5 Å². The summed E-state index contributed by atoms with van der Waals surface area (Å²) in [6.07, 6.45) is 0. The first-order valence-corrected chi connectivity index (χ1v) is 7.25. The fourth-order valence-electron chi connectivity index (χ4n) is 2.08. The van der Waals surface area contributed by atoms with Crippen molar-refractivity contribution < 1.29 is 14.4 Å². The number of aryl methyl sites for hydroxylation is 1. The van der Waals surface area contributed by atoms with Crippen LogP contribution in [-0.4, -0.2) is 16.2 Å². The van der Waals surface area contributed by atoms with E-state index in [1.165, 1.54) is 12.1 Å². The number of hydrogen-bond donors (Lipinski definition) is 2. The van der Waals surface area contributed by atoms with Gasteiger partial charge in [0.05, 0.1) is 5.02 Å². The van der Waals surface area contributed by atoms with Crippen molar-refractivity contribution in [2.45, 2.75) is 6.92 Å². The maximum Gasteiger partial charge on any atom is 0.277 e. The second-order valence-corrected chi connectivity index (χ2v) is 5.42. The molecule has 3 aromatic rings. The van der Waals surface area contributed by atoms with E-state index in [0.29, 0.717) is 17.0 Å². The number of rotatable bonds is 3. The van der Waals surface area contributed by atoms with Crippen LogP contribution in [0.15, 0.2) is 53.1 Å². The van der Waals surface area contributed by atoms with Gasteiger partial charge in [-0.1, -0.05) is 35.0 Å². The van der Waals surface area contributed by atoms with Gasteiger partial charge in [-0.2, -0.15) is 0 Å². The molecule has 0 saturated carbocycles. The zero-order chi connectivity index (χ0) is 16.4. The maximum absolute atomic E-state index is 12.2. The highest BCUT2D eigenvalue weighted by molar-refractivity contribution is 6.32. The van der Waals surface area contributed by atoms with E-state index in [1.807, 2.05) is 31.2 Å². The lowest BCUT2D eigenvalue weighted by Crippen LogP contribution is -2.12. The summed E-state index contributed by atoms with van der Waals surface area (Å²) in [7, 11) is 0. The van der Waals surface area contributed by atoms with Crippen LogP contribution in [0.5, 0.6) is 5.75 Å². The highest BCUT2D eigenvalue weighted by atomic mass is 35.5. The van der Waals surface area contributed by atoms with Crippen molar-refractivity contribution in [1.29, 1.82) is 0 Å². The number of anilines is 1. The SMILES string of the molecule is Cc1ccccc1NC(=O)c1cc(-c2ccc(Cl)c(O)c2)on1. The molecular weight excluding hydrogens is 316 g/mol. The predicted octanol–water partition coefficient (Wildman–Crippen LogP) is 4.26. The molecular formula is C17H13ClN2O3. The second-order valence-electron chi connectivity index (χ2n) is 5.01. The molecule has 0 bridgehead atoms. The van der Waals surface area contributed by atoms with Crippen molar-refractivity contribution in [3.05, 3.63) is 64.8 Å². The Balaban J connectivity index is 1.82. The lowest BCUT2D eigenvalue weighted by Gasteiger charge is -2.05. The number of para-hydroxylation sites is 1. The van der Waals surface area contributed by atoms with Crippen LogP contribution in [0.25, 0.3) is 11.3 Å². The molecule has 0 unspecified atom stereocenters. The summed E-state index contributed by atoms with van der Waals surface area (Å²) >= 11 is 5.77. The molecule has 2 aromatic carbocycles. The summed E-state index contributed by atoms with van der Waals surface area (Å²) in [5.74, 6) is -0.0640. The number of carbonyl (C=O) groups is 1. The van der Waals surface area contributed by atoms with Crippen molar-refractivity contribution in [3.8, 4) is 17.1 Å². The monoisotopic (exact) mass is 328 g/mol. The van der Waals surface area contributed by atoms with Gasteiger partial charge in [0, 0.05) is 17.3 Å². The number of hydrogen-bond acceptors (Lipinski definition) is 4. The first kappa shape index (κ1) is 15.1. The van der Waals surface area contributed by atoms with Crippen LogP contribution < -0.4 is 5.32 Å². The van der Waals surface area contributed by atoms with E-state index in [-0.39, 0.29) is 22.4 Å². The predicted molar refractivity (Wildman–Crippen MR) is 87.7 cm³/mol. The van der Waals surface area contributed by atoms with Gasteiger partial charge in [0.15, 0.2) is 11.5 Å². The van der Waals surface area contributed by atoms with Gasteiger partial charge in [0.2, 0.25) is 0 Å². The summed E-state index contributed by atoms with van der Waals surface area (Å²) in [6, 6.07) is 13.6. The summed E-state index contributed by atoms with van der Waals surface area (Å²) < 4.78 is 5.17. The summed E-state index contributed by atoms with van der Waals surface area (Å²) in [5.41, 5.74) is 2.39. The Kier molecular flexibility index (Phi) is 4.04. The van der Waals surface area contributed by atoms with E-state index < -0.39 is 0 Å². The van der Waals surface area contributed by atoms with E-state index in [4.69, 9.17) is 16.1 Å². The minimum Gasteiger partial charge on any atom is -0.506 e. The molecule has 5 nitrogen and oxygen atoms in total. The molecule has 1 amide bonds. The average Bonchev–Trinajstić information content (AvgIpc) is 3.02. The number of halogens is 1. The number of nitrogens with zero attached hydrogens (tertiary/aromatic N) is 1. The third-order valence-corrected chi connectivity index (χ3v) is 3.69. The number of amides is 1. The standard InChI is InChI=1S/C17H13ClN2O3/c1-10-4-2-3-5-13(10)19-17(22)14-9-16(23-20-14)11-6-7-12(18)15(21)8-11/h2-9,21H,1H3,(H,19,22). The highest BCUT2D eigenvalue weighted by Crippen LogP contribution is 2.30. The number of carbonyl (C=O) groups excluding carboxylic acids is 1. The average molecular weight is 329 g/mol. The molecule has 2 N–H and O–H groups in total. The quantitative estimate of drug-likeness (QED) is 0.753. The zero-order valence-electron chi connectivity index (χ0n) is 12.2. The molecule has 0 spiro atoms. The molecule has 0 atom stereocenters. The number of phenols is 1. The summed E-state index contributed by atoms with van der Waals surface area (Å²) in [4.78, 5) is 12.2. The lowest BCUT2D eigenvalue weighted by atomic mass is 10.1. The van der Waals surface area contributed by atoms with Crippen molar-refractivity contribution in [2.24, 2.45) is 0 Å². The van der Waals surface area contributed by atoms with E-state index >= 15 is 0 Å². The molecule has 116 valence electrons. The van der Waals surface area contributed by atoms with Crippen molar-refractivity contribution in [3.63, 3.8) is 0 Å². The smallest absolute Gasteiger partial charge is 0.277 e. The second kappa shape index (κ2) is 6.14. The van der Waals surface area contributed by atoms with Crippen LogP contribution in [0.3, 0.4) is 0 Å².